The van der Waals surface area contributed by atoms with Gasteiger partial charge in [0.25, 0.3) is 11.8 Å². The monoisotopic (exact) mass is 556 g/mol. The summed E-state index contributed by atoms with van der Waals surface area (Å²) in [5.41, 5.74) is 1.86. The van der Waals surface area contributed by atoms with Crippen molar-refractivity contribution < 1.29 is 14.4 Å². The predicted octanol–water partition coefficient (Wildman–Crippen LogP) is 6.26. The number of carbonyl (C=O) groups is 3. The molecule has 9 heteroatoms. The van der Waals surface area contributed by atoms with E-state index >= 15 is 0 Å². The number of nitrogens with zero attached hydrogens (tertiary/aromatic N) is 1. The summed E-state index contributed by atoms with van der Waals surface area (Å²) in [6.45, 7) is 1.79. The van der Waals surface area contributed by atoms with Crippen LogP contribution in [0.15, 0.2) is 114 Å². The summed E-state index contributed by atoms with van der Waals surface area (Å²) < 4.78 is 0. The van der Waals surface area contributed by atoms with Gasteiger partial charge in [-0.3, -0.25) is 14.4 Å². The van der Waals surface area contributed by atoms with Crippen LogP contribution in [0.25, 0.3) is 6.08 Å². The maximum atomic E-state index is 13.2. The highest BCUT2D eigenvalue weighted by Gasteiger charge is 2.17. The standard InChI is InChI=1S/C30H25ClN4O3S/c1-20(28(36)35-27-17-12-23(31)19-32-27)39-25-15-13-24(14-16-25)33-30(38)26(18-21-8-4-2-5-9-21)34-29(37)22-10-6-3-7-11-22/h2-20H,1H3,(H,33,38)(H,34,37)(H,32,35,36)/b26-18-. The lowest BCUT2D eigenvalue weighted by Crippen LogP contribution is -2.30. The third-order valence-corrected chi connectivity index (χ3v) is 6.75. The zero-order valence-electron chi connectivity index (χ0n) is 20.9. The summed E-state index contributed by atoms with van der Waals surface area (Å²) >= 11 is 7.21. The van der Waals surface area contributed by atoms with Crippen molar-refractivity contribution in [1.29, 1.82) is 0 Å². The van der Waals surface area contributed by atoms with Gasteiger partial charge in [0, 0.05) is 22.3 Å². The van der Waals surface area contributed by atoms with Crippen molar-refractivity contribution >= 4 is 58.7 Å². The molecule has 196 valence electrons. The van der Waals surface area contributed by atoms with E-state index in [9.17, 15) is 14.4 Å². The molecule has 0 fully saturated rings. The molecule has 1 atom stereocenters. The fourth-order valence-corrected chi connectivity index (χ4v) is 4.39. The van der Waals surface area contributed by atoms with Gasteiger partial charge in [0.05, 0.1) is 10.3 Å². The van der Waals surface area contributed by atoms with Crippen LogP contribution >= 0.6 is 23.4 Å². The van der Waals surface area contributed by atoms with E-state index in [-0.39, 0.29) is 17.5 Å². The van der Waals surface area contributed by atoms with Crippen LogP contribution in [0, 0.1) is 0 Å². The lowest BCUT2D eigenvalue weighted by molar-refractivity contribution is -0.115. The molecular weight excluding hydrogens is 532 g/mol. The fourth-order valence-electron chi connectivity index (χ4n) is 3.41. The number of thioether (sulfide) groups is 1. The molecule has 1 heterocycles. The fraction of sp³-hybridized carbons (Fsp3) is 0.0667. The van der Waals surface area contributed by atoms with Gasteiger partial charge in [-0.1, -0.05) is 60.1 Å². The Bertz CT molecular complexity index is 1460. The Morgan fingerprint density at radius 2 is 1.51 bits per heavy atom. The minimum atomic E-state index is -0.466. The maximum Gasteiger partial charge on any atom is 0.272 e. The Balaban J connectivity index is 1.41. The smallest absolute Gasteiger partial charge is 0.272 e. The molecule has 39 heavy (non-hydrogen) atoms. The molecule has 3 aromatic carbocycles. The molecule has 0 saturated heterocycles. The lowest BCUT2D eigenvalue weighted by atomic mass is 10.1. The van der Waals surface area contributed by atoms with Gasteiger partial charge >= 0.3 is 0 Å². The third-order valence-electron chi connectivity index (χ3n) is 5.41. The summed E-state index contributed by atoms with van der Waals surface area (Å²) in [5.74, 6) is -0.627. The number of hydrogen-bond donors (Lipinski definition) is 3. The van der Waals surface area contributed by atoms with Gasteiger partial charge in [-0.2, -0.15) is 0 Å². The van der Waals surface area contributed by atoms with Crippen LogP contribution in [0.3, 0.4) is 0 Å². The van der Waals surface area contributed by atoms with Gasteiger partial charge in [-0.05, 0) is 67.1 Å². The van der Waals surface area contributed by atoms with E-state index in [4.69, 9.17) is 11.6 Å². The summed E-state index contributed by atoms with van der Waals surface area (Å²) in [7, 11) is 0. The SMILES string of the molecule is CC(Sc1ccc(NC(=O)/C(=C/c2ccccc2)NC(=O)c2ccccc2)cc1)C(=O)Nc1ccc(Cl)cn1. The molecule has 3 amide bonds. The van der Waals surface area contributed by atoms with Gasteiger partial charge in [-0.25, -0.2) is 4.98 Å². The molecule has 4 rings (SSSR count). The average molecular weight is 557 g/mol. The van der Waals surface area contributed by atoms with Gasteiger partial charge < -0.3 is 16.0 Å². The van der Waals surface area contributed by atoms with Crippen LogP contribution in [-0.4, -0.2) is 28.0 Å². The Labute approximate surface area is 235 Å². The summed E-state index contributed by atoms with van der Waals surface area (Å²) in [6, 6.07) is 28.3. The molecule has 0 aliphatic rings. The van der Waals surface area contributed by atoms with Crippen LogP contribution in [0.1, 0.15) is 22.8 Å². The highest BCUT2D eigenvalue weighted by molar-refractivity contribution is 8.00. The summed E-state index contributed by atoms with van der Waals surface area (Å²) in [5, 5.41) is 8.41. The normalized spacial score (nSPS) is 11.8. The van der Waals surface area contributed by atoms with Gasteiger partial charge in [0.15, 0.2) is 0 Å². The Morgan fingerprint density at radius 3 is 2.15 bits per heavy atom. The van der Waals surface area contributed by atoms with E-state index in [0.29, 0.717) is 22.1 Å². The number of nitrogens with one attached hydrogen (secondary N) is 3. The van der Waals surface area contributed by atoms with E-state index in [1.54, 1.807) is 61.5 Å². The molecule has 7 nitrogen and oxygen atoms in total. The summed E-state index contributed by atoms with van der Waals surface area (Å²) in [6.07, 6.45) is 3.09. The Kier molecular flexibility index (Phi) is 9.50. The first-order valence-corrected chi connectivity index (χ1v) is 13.3. The van der Waals surface area contributed by atoms with Gasteiger partial charge in [-0.15, -0.1) is 11.8 Å². The van der Waals surface area contributed by atoms with Crippen molar-refractivity contribution in [3.05, 3.63) is 125 Å². The topological polar surface area (TPSA) is 100 Å². The minimum Gasteiger partial charge on any atom is -0.321 e. The number of rotatable bonds is 9. The lowest BCUT2D eigenvalue weighted by Gasteiger charge is -2.13. The first-order valence-electron chi connectivity index (χ1n) is 12.0. The second-order valence-corrected chi connectivity index (χ2v) is 10.2. The average Bonchev–Trinajstić information content (AvgIpc) is 2.96. The Hall–Kier alpha value is -4.40. The van der Waals surface area contributed by atoms with Crippen molar-refractivity contribution in [1.82, 2.24) is 10.3 Å². The molecule has 0 bridgehead atoms. The second-order valence-electron chi connectivity index (χ2n) is 8.38. The van der Waals surface area contributed by atoms with E-state index < -0.39 is 11.2 Å². The zero-order valence-corrected chi connectivity index (χ0v) is 22.5. The van der Waals surface area contributed by atoms with Crippen molar-refractivity contribution in [2.45, 2.75) is 17.1 Å². The van der Waals surface area contributed by atoms with Crippen molar-refractivity contribution in [3.63, 3.8) is 0 Å². The molecule has 0 saturated carbocycles. The third kappa shape index (κ3) is 8.29. The van der Waals surface area contributed by atoms with Crippen LogP contribution in [0.4, 0.5) is 11.5 Å². The quantitative estimate of drug-likeness (QED) is 0.167. The number of halogens is 1. The molecule has 1 aromatic heterocycles. The van der Waals surface area contributed by atoms with Crippen molar-refractivity contribution in [2.75, 3.05) is 10.6 Å². The largest absolute Gasteiger partial charge is 0.321 e. The molecular formula is C30H25ClN4O3S. The highest BCUT2D eigenvalue weighted by Crippen LogP contribution is 2.26. The van der Waals surface area contributed by atoms with Crippen LogP contribution < -0.4 is 16.0 Å². The molecule has 0 radical (unpaired) electrons. The molecule has 0 aliphatic carbocycles. The van der Waals surface area contributed by atoms with Crippen LogP contribution in [-0.2, 0) is 9.59 Å². The number of benzene rings is 3. The second kappa shape index (κ2) is 13.4. The molecule has 0 spiro atoms. The molecule has 1 unspecified atom stereocenters. The van der Waals surface area contributed by atoms with Crippen molar-refractivity contribution in [3.8, 4) is 0 Å². The van der Waals surface area contributed by atoms with E-state index in [0.717, 1.165) is 10.5 Å². The highest BCUT2D eigenvalue weighted by atomic mass is 35.5. The number of aromatic nitrogens is 1. The Morgan fingerprint density at radius 1 is 0.846 bits per heavy atom. The van der Waals surface area contributed by atoms with E-state index in [2.05, 4.69) is 20.9 Å². The number of anilines is 2. The number of carbonyl (C=O) groups excluding carboxylic acids is 3. The van der Waals surface area contributed by atoms with E-state index in [1.807, 2.05) is 48.5 Å². The number of hydrogen-bond acceptors (Lipinski definition) is 5. The molecule has 4 aromatic rings. The van der Waals surface area contributed by atoms with Gasteiger partial charge in [0.1, 0.15) is 11.5 Å². The van der Waals surface area contributed by atoms with Crippen LogP contribution in [0.5, 0.6) is 0 Å². The van der Waals surface area contributed by atoms with Crippen LogP contribution in [0.2, 0.25) is 5.02 Å². The van der Waals surface area contributed by atoms with Crippen molar-refractivity contribution in [2.24, 2.45) is 0 Å². The summed E-state index contributed by atoms with van der Waals surface area (Å²) in [4.78, 5) is 43.4. The predicted molar refractivity (Wildman–Crippen MR) is 157 cm³/mol. The first-order chi connectivity index (χ1) is 18.9. The van der Waals surface area contributed by atoms with Gasteiger partial charge in [0.2, 0.25) is 5.91 Å². The minimum absolute atomic E-state index is 0.106. The number of amides is 3. The van der Waals surface area contributed by atoms with E-state index in [1.165, 1.54) is 18.0 Å². The molecule has 0 aliphatic heterocycles. The maximum absolute atomic E-state index is 13.2. The zero-order chi connectivity index (χ0) is 27.6. The number of pyridine rings is 1. The molecule has 3 N–H and O–H groups in total. The first kappa shape index (κ1) is 27.6.